The van der Waals surface area contributed by atoms with E-state index in [9.17, 15) is 4.79 Å². The Morgan fingerprint density at radius 3 is 2.50 bits per heavy atom. The maximum absolute atomic E-state index is 10.7. The number of hydrogen-bond donors (Lipinski definition) is 0. The van der Waals surface area contributed by atoms with Gasteiger partial charge < -0.3 is 0 Å². The SMILES string of the molecule is CCCC=CCC(=O)CC. The molecule has 0 aromatic carbocycles. The number of unbranched alkanes of at least 4 members (excludes halogenated alkanes) is 1. The zero-order valence-corrected chi connectivity index (χ0v) is 6.89. The molecule has 0 radical (unpaired) electrons. The molecule has 0 atom stereocenters. The first-order valence-corrected chi connectivity index (χ1v) is 3.98. The van der Waals surface area contributed by atoms with Gasteiger partial charge in [-0.15, -0.1) is 0 Å². The van der Waals surface area contributed by atoms with E-state index in [0.29, 0.717) is 18.6 Å². The van der Waals surface area contributed by atoms with Gasteiger partial charge in [-0.1, -0.05) is 32.4 Å². The predicted molar refractivity (Wildman–Crippen MR) is 44.0 cm³/mol. The van der Waals surface area contributed by atoms with Crippen LogP contribution in [0.2, 0.25) is 0 Å². The molecule has 10 heavy (non-hydrogen) atoms. The van der Waals surface area contributed by atoms with Crippen LogP contribution in [-0.4, -0.2) is 5.78 Å². The van der Waals surface area contributed by atoms with Crippen molar-refractivity contribution in [3.8, 4) is 0 Å². The van der Waals surface area contributed by atoms with Gasteiger partial charge in [0, 0.05) is 12.8 Å². The summed E-state index contributed by atoms with van der Waals surface area (Å²) >= 11 is 0. The summed E-state index contributed by atoms with van der Waals surface area (Å²) in [6.07, 6.45) is 7.59. The Morgan fingerprint density at radius 2 is 2.00 bits per heavy atom. The third-order valence-electron chi connectivity index (χ3n) is 1.36. The number of carbonyl (C=O) groups is 1. The molecule has 0 saturated carbocycles. The fourth-order valence-corrected chi connectivity index (χ4v) is 0.644. The average Bonchev–Trinajstić information content (AvgIpc) is 1.98. The Bertz CT molecular complexity index is 114. The number of Topliss-reactive ketones (excluding diaryl/α,β-unsaturated/α-hetero) is 1. The molecular weight excluding hydrogens is 124 g/mol. The van der Waals surface area contributed by atoms with E-state index in [1.165, 1.54) is 0 Å². The highest BCUT2D eigenvalue weighted by Crippen LogP contribution is 1.93. The minimum atomic E-state index is 0.326. The molecule has 0 aromatic rings. The van der Waals surface area contributed by atoms with E-state index in [1.807, 2.05) is 13.0 Å². The van der Waals surface area contributed by atoms with Crippen LogP contribution in [0.15, 0.2) is 12.2 Å². The van der Waals surface area contributed by atoms with Crippen molar-refractivity contribution in [3.05, 3.63) is 12.2 Å². The van der Waals surface area contributed by atoms with Crippen LogP contribution in [0.3, 0.4) is 0 Å². The summed E-state index contributed by atoms with van der Waals surface area (Å²) in [5.41, 5.74) is 0. The van der Waals surface area contributed by atoms with E-state index >= 15 is 0 Å². The lowest BCUT2D eigenvalue weighted by atomic mass is 10.2. The number of rotatable bonds is 5. The summed E-state index contributed by atoms with van der Waals surface area (Å²) in [5.74, 6) is 0.326. The second kappa shape index (κ2) is 6.53. The van der Waals surface area contributed by atoms with Gasteiger partial charge in [0.25, 0.3) is 0 Å². The molecule has 0 unspecified atom stereocenters. The maximum Gasteiger partial charge on any atom is 0.136 e. The average molecular weight is 140 g/mol. The molecule has 0 bridgehead atoms. The molecule has 0 heterocycles. The Hall–Kier alpha value is -0.590. The molecule has 1 nitrogen and oxygen atoms in total. The van der Waals surface area contributed by atoms with Gasteiger partial charge in [0.05, 0.1) is 0 Å². The third kappa shape index (κ3) is 5.54. The van der Waals surface area contributed by atoms with Gasteiger partial charge in [-0.25, -0.2) is 0 Å². The Morgan fingerprint density at radius 1 is 1.30 bits per heavy atom. The normalized spacial score (nSPS) is 10.6. The minimum absolute atomic E-state index is 0.326. The van der Waals surface area contributed by atoms with Crippen LogP contribution in [0.1, 0.15) is 39.5 Å². The molecule has 58 valence electrons. The molecule has 0 amide bonds. The summed E-state index contributed by atoms with van der Waals surface area (Å²) < 4.78 is 0. The quantitative estimate of drug-likeness (QED) is 0.536. The van der Waals surface area contributed by atoms with Gasteiger partial charge in [-0.2, -0.15) is 0 Å². The fourth-order valence-electron chi connectivity index (χ4n) is 0.644. The maximum atomic E-state index is 10.7. The summed E-state index contributed by atoms with van der Waals surface area (Å²) in [4.78, 5) is 10.7. The number of ketones is 1. The first kappa shape index (κ1) is 9.41. The van der Waals surface area contributed by atoms with Crippen molar-refractivity contribution < 1.29 is 4.79 Å². The molecule has 0 saturated heterocycles. The van der Waals surface area contributed by atoms with Gasteiger partial charge in [0.2, 0.25) is 0 Å². The van der Waals surface area contributed by atoms with Crippen molar-refractivity contribution in [1.82, 2.24) is 0 Å². The number of carbonyl (C=O) groups excluding carboxylic acids is 1. The zero-order valence-electron chi connectivity index (χ0n) is 6.89. The van der Waals surface area contributed by atoms with Crippen molar-refractivity contribution in [2.75, 3.05) is 0 Å². The lowest BCUT2D eigenvalue weighted by Gasteiger charge is -1.87. The number of allylic oxidation sites excluding steroid dienone is 2. The highest BCUT2D eigenvalue weighted by molar-refractivity contribution is 5.79. The molecule has 0 spiro atoms. The molecule has 0 aliphatic carbocycles. The topological polar surface area (TPSA) is 17.1 Å². The molecule has 1 heteroatoms. The lowest BCUT2D eigenvalue weighted by molar-refractivity contribution is -0.117. The largest absolute Gasteiger partial charge is 0.299 e. The van der Waals surface area contributed by atoms with E-state index in [0.717, 1.165) is 12.8 Å². The van der Waals surface area contributed by atoms with Crippen LogP contribution in [0, 0.1) is 0 Å². The highest BCUT2D eigenvalue weighted by atomic mass is 16.1. The van der Waals surface area contributed by atoms with Crippen LogP contribution < -0.4 is 0 Å². The van der Waals surface area contributed by atoms with Crippen molar-refractivity contribution in [2.24, 2.45) is 0 Å². The summed E-state index contributed by atoms with van der Waals surface area (Å²) in [6.45, 7) is 4.03. The van der Waals surface area contributed by atoms with Crippen LogP contribution in [0.25, 0.3) is 0 Å². The van der Waals surface area contributed by atoms with Crippen LogP contribution in [0.5, 0.6) is 0 Å². The van der Waals surface area contributed by atoms with Crippen molar-refractivity contribution in [3.63, 3.8) is 0 Å². The molecule has 0 aliphatic heterocycles. The smallest absolute Gasteiger partial charge is 0.136 e. The molecule has 0 N–H and O–H groups in total. The summed E-state index contributed by atoms with van der Waals surface area (Å²) in [6, 6.07) is 0. The van der Waals surface area contributed by atoms with Gasteiger partial charge in [-0.3, -0.25) is 4.79 Å². The fraction of sp³-hybridized carbons (Fsp3) is 0.667. The third-order valence-corrected chi connectivity index (χ3v) is 1.36. The van der Waals surface area contributed by atoms with E-state index in [1.54, 1.807) is 0 Å². The van der Waals surface area contributed by atoms with Gasteiger partial charge >= 0.3 is 0 Å². The van der Waals surface area contributed by atoms with E-state index < -0.39 is 0 Å². The van der Waals surface area contributed by atoms with Gasteiger partial charge in [-0.05, 0) is 6.42 Å². The molecule has 0 aliphatic rings. The van der Waals surface area contributed by atoms with Crippen molar-refractivity contribution in [1.29, 1.82) is 0 Å². The summed E-state index contributed by atoms with van der Waals surface area (Å²) in [7, 11) is 0. The molecule has 0 rings (SSSR count). The molecular formula is C9H16O. The molecule has 0 aromatic heterocycles. The monoisotopic (exact) mass is 140 g/mol. The number of hydrogen-bond acceptors (Lipinski definition) is 1. The van der Waals surface area contributed by atoms with Gasteiger partial charge in [0.15, 0.2) is 0 Å². The minimum Gasteiger partial charge on any atom is -0.299 e. The predicted octanol–water partition coefficient (Wildman–Crippen LogP) is 2.71. The lowest BCUT2D eigenvalue weighted by Crippen LogP contribution is -1.90. The van der Waals surface area contributed by atoms with Gasteiger partial charge in [0.1, 0.15) is 5.78 Å². The van der Waals surface area contributed by atoms with E-state index in [-0.39, 0.29) is 0 Å². The standard InChI is InChI=1S/C9H16O/c1-3-5-6-7-8-9(10)4-2/h6-7H,3-5,8H2,1-2H3. The van der Waals surface area contributed by atoms with Crippen molar-refractivity contribution >= 4 is 5.78 Å². The van der Waals surface area contributed by atoms with Crippen LogP contribution in [0.4, 0.5) is 0 Å². The summed E-state index contributed by atoms with van der Waals surface area (Å²) in [5, 5.41) is 0. The Kier molecular flexibility index (Phi) is 6.14. The van der Waals surface area contributed by atoms with Crippen molar-refractivity contribution in [2.45, 2.75) is 39.5 Å². The first-order valence-electron chi connectivity index (χ1n) is 3.98. The molecule has 0 fully saturated rings. The van der Waals surface area contributed by atoms with Crippen LogP contribution >= 0.6 is 0 Å². The highest BCUT2D eigenvalue weighted by Gasteiger charge is 1.90. The van der Waals surface area contributed by atoms with E-state index in [2.05, 4.69) is 13.0 Å². The van der Waals surface area contributed by atoms with E-state index in [4.69, 9.17) is 0 Å². The second-order valence-electron chi connectivity index (χ2n) is 2.36. The first-order chi connectivity index (χ1) is 4.81. The second-order valence-corrected chi connectivity index (χ2v) is 2.36. The Balaban J connectivity index is 3.25. The van der Waals surface area contributed by atoms with Crippen LogP contribution in [-0.2, 0) is 4.79 Å². The Labute approximate surface area is 63.1 Å². The zero-order chi connectivity index (χ0) is 7.82.